The number of nitrogens with one attached hydrogen (secondary N) is 1. The van der Waals surface area contributed by atoms with E-state index < -0.39 is 0 Å². The summed E-state index contributed by atoms with van der Waals surface area (Å²) in [6, 6.07) is 24.0. The third-order valence-corrected chi connectivity index (χ3v) is 4.93. The number of aryl methyl sites for hydroxylation is 1. The topological polar surface area (TPSA) is 63.7 Å². The average Bonchev–Trinajstić information content (AvgIpc) is 3.18. The molecule has 3 heterocycles. The zero-order valence-corrected chi connectivity index (χ0v) is 16.5. The standard InChI is InChI=1S/C25H20N4O/c1-17-15-19(12-14-26-17)21-5-4-13-27-25(21)30-20-10-8-18(9-11-20)16-24-28-22-6-2-3-7-23(22)29-24/h2-15H,16H2,1H3,(H,28,29). The first-order valence-corrected chi connectivity index (χ1v) is 9.83. The van der Waals surface area contributed by atoms with Gasteiger partial charge in [0.25, 0.3) is 0 Å². The second-order valence-corrected chi connectivity index (χ2v) is 7.17. The molecule has 0 aliphatic rings. The number of imidazole rings is 1. The van der Waals surface area contributed by atoms with Gasteiger partial charge in [-0.1, -0.05) is 24.3 Å². The predicted molar refractivity (Wildman–Crippen MR) is 118 cm³/mol. The molecule has 0 atom stereocenters. The van der Waals surface area contributed by atoms with E-state index in [0.717, 1.165) is 51.4 Å². The lowest BCUT2D eigenvalue weighted by atomic mass is 10.1. The molecule has 2 aromatic carbocycles. The van der Waals surface area contributed by atoms with Crippen molar-refractivity contribution in [2.45, 2.75) is 13.3 Å². The van der Waals surface area contributed by atoms with Crippen LogP contribution in [0.3, 0.4) is 0 Å². The summed E-state index contributed by atoms with van der Waals surface area (Å²) in [6.45, 7) is 1.97. The molecule has 146 valence electrons. The number of rotatable bonds is 5. The Morgan fingerprint density at radius 1 is 0.867 bits per heavy atom. The van der Waals surface area contributed by atoms with Crippen LogP contribution in [0.15, 0.2) is 85.2 Å². The average molecular weight is 392 g/mol. The summed E-state index contributed by atoms with van der Waals surface area (Å²) >= 11 is 0. The minimum atomic E-state index is 0.577. The number of aromatic amines is 1. The summed E-state index contributed by atoms with van der Waals surface area (Å²) < 4.78 is 6.10. The molecular formula is C25H20N4O. The molecule has 0 amide bonds. The Bertz CT molecular complexity index is 1280. The van der Waals surface area contributed by atoms with Crippen LogP contribution in [0.1, 0.15) is 17.1 Å². The smallest absolute Gasteiger partial charge is 0.227 e. The number of benzene rings is 2. The van der Waals surface area contributed by atoms with E-state index in [9.17, 15) is 0 Å². The van der Waals surface area contributed by atoms with E-state index in [1.807, 2.05) is 67.6 Å². The molecule has 5 nitrogen and oxygen atoms in total. The molecule has 0 spiro atoms. The van der Waals surface area contributed by atoms with Crippen LogP contribution in [-0.2, 0) is 6.42 Å². The Labute approximate surface area is 174 Å². The van der Waals surface area contributed by atoms with Gasteiger partial charge in [0.15, 0.2) is 0 Å². The fraction of sp³-hybridized carbons (Fsp3) is 0.0800. The fourth-order valence-corrected chi connectivity index (χ4v) is 3.47. The first-order chi connectivity index (χ1) is 14.7. The summed E-state index contributed by atoms with van der Waals surface area (Å²) in [4.78, 5) is 16.7. The zero-order chi connectivity index (χ0) is 20.3. The lowest BCUT2D eigenvalue weighted by molar-refractivity contribution is 0.465. The van der Waals surface area contributed by atoms with Crippen molar-refractivity contribution in [1.29, 1.82) is 0 Å². The summed E-state index contributed by atoms with van der Waals surface area (Å²) in [5, 5.41) is 0. The van der Waals surface area contributed by atoms with Crippen molar-refractivity contribution in [1.82, 2.24) is 19.9 Å². The van der Waals surface area contributed by atoms with Crippen LogP contribution >= 0.6 is 0 Å². The molecule has 0 radical (unpaired) electrons. The van der Waals surface area contributed by atoms with Crippen LogP contribution in [0, 0.1) is 6.92 Å². The van der Waals surface area contributed by atoms with E-state index in [4.69, 9.17) is 4.74 Å². The van der Waals surface area contributed by atoms with Gasteiger partial charge in [0.2, 0.25) is 5.88 Å². The molecule has 1 N–H and O–H groups in total. The fourth-order valence-electron chi connectivity index (χ4n) is 3.47. The minimum Gasteiger partial charge on any atom is -0.438 e. The van der Waals surface area contributed by atoms with Crippen LogP contribution in [0.2, 0.25) is 0 Å². The van der Waals surface area contributed by atoms with E-state index in [1.54, 1.807) is 12.4 Å². The Hall–Kier alpha value is -3.99. The van der Waals surface area contributed by atoms with Crippen LogP contribution < -0.4 is 4.74 Å². The lowest BCUT2D eigenvalue weighted by Crippen LogP contribution is -1.94. The highest BCUT2D eigenvalue weighted by molar-refractivity contribution is 5.74. The molecule has 0 aliphatic carbocycles. The van der Waals surface area contributed by atoms with Gasteiger partial charge >= 0.3 is 0 Å². The van der Waals surface area contributed by atoms with Gasteiger partial charge < -0.3 is 9.72 Å². The number of hydrogen-bond acceptors (Lipinski definition) is 4. The third-order valence-electron chi connectivity index (χ3n) is 4.93. The maximum absolute atomic E-state index is 6.10. The van der Waals surface area contributed by atoms with E-state index >= 15 is 0 Å². The number of para-hydroxylation sites is 2. The van der Waals surface area contributed by atoms with Gasteiger partial charge in [-0.15, -0.1) is 0 Å². The number of fused-ring (bicyclic) bond motifs is 1. The van der Waals surface area contributed by atoms with Crippen molar-refractivity contribution < 1.29 is 4.74 Å². The van der Waals surface area contributed by atoms with Crippen molar-refractivity contribution in [2.24, 2.45) is 0 Å². The number of hydrogen-bond donors (Lipinski definition) is 1. The Kier molecular flexibility index (Phi) is 4.69. The van der Waals surface area contributed by atoms with Crippen molar-refractivity contribution >= 4 is 11.0 Å². The second-order valence-electron chi connectivity index (χ2n) is 7.17. The van der Waals surface area contributed by atoms with Gasteiger partial charge in [0, 0.05) is 30.1 Å². The molecule has 0 unspecified atom stereocenters. The van der Waals surface area contributed by atoms with Gasteiger partial charge in [-0.2, -0.15) is 0 Å². The molecule has 0 fully saturated rings. The first kappa shape index (κ1) is 18.1. The van der Waals surface area contributed by atoms with Crippen LogP contribution in [0.4, 0.5) is 0 Å². The SMILES string of the molecule is Cc1cc(-c2cccnc2Oc2ccc(Cc3nc4ccccc4[nH]3)cc2)ccn1. The van der Waals surface area contributed by atoms with Crippen LogP contribution in [-0.4, -0.2) is 19.9 Å². The highest BCUT2D eigenvalue weighted by Crippen LogP contribution is 2.31. The van der Waals surface area contributed by atoms with Gasteiger partial charge in [-0.3, -0.25) is 4.98 Å². The minimum absolute atomic E-state index is 0.577. The summed E-state index contributed by atoms with van der Waals surface area (Å²) in [5.41, 5.74) is 6.13. The van der Waals surface area contributed by atoms with E-state index in [-0.39, 0.29) is 0 Å². The monoisotopic (exact) mass is 392 g/mol. The molecule has 0 bridgehead atoms. The molecule has 0 saturated heterocycles. The van der Waals surface area contributed by atoms with Crippen molar-refractivity contribution in [2.75, 3.05) is 0 Å². The molecule has 5 heteroatoms. The van der Waals surface area contributed by atoms with Gasteiger partial charge in [-0.05, 0) is 66.6 Å². The van der Waals surface area contributed by atoms with Crippen LogP contribution in [0.25, 0.3) is 22.2 Å². The maximum atomic E-state index is 6.10. The number of ether oxygens (including phenoxy) is 1. The van der Waals surface area contributed by atoms with E-state index in [1.165, 1.54) is 0 Å². The largest absolute Gasteiger partial charge is 0.438 e. The van der Waals surface area contributed by atoms with Crippen molar-refractivity contribution in [3.63, 3.8) is 0 Å². The molecule has 0 saturated carbocycles. The molecular weight excluding hydrogens is 372 g/mol. The quantitative estimate of drug-likeness (QED) is 0.416. The molecule has 0 aliphatic heterocycles. The number of nitrogens with zero attached hydrogens (tertiary/aromatic N) is 3. The van der Waals surface area contributed by atoms with E-state index in [0.29, 0.717) is 5.88 Å². The summed E-state index contributed by atoms with van der Waals surface area (Å²) in [6.07, 6.45) is 4.28. The maximum Gasteiger partial charge on any atom is 0.227 e. The number of H-pyrrole nitrogens is 1. The number of pyridine rings is 2. The van der Waals surface area contributed by atoms with Gasteiger partial charge in [-0.25, -0.2) is 9.97 Å². The number of aromatic nitrogens is 4. The Morgan fingerprint density at radius 2 is 1.73 bits per heavy atom. The van der Waals surface area contributed by atoms with Gasteiger partial charge in [0.05, 0.1) is 11.0 Å². The molecule has 5 rings (SSSR count). The van der Waals surface area contributed by atoms with Gasteiger partial charge in [0.1, 0.15) is 11.6 Å². The molecule has 30 heavy (non-hydrogen) atoms. The van der Waals surface area contributed by atoms with E-state index in [2.05, 4.69) is 32.1 Å². The normalized spacial score (nSPS) is 11.0. The highest BCUT2D eigenvalue weighted by atomic mass is 16.5. The second kappa shape index (κ2) is 7.79. The highest BCUT2D eigenvalue weighted by Gasteiger charge is 2.10. The molecule has 3 aromatic heterocycles. The Balaban J connectivity index is 1.35. The molecule has 5 aromatic rings. The summed E-state index contributed by atoms with van der Waals surface area (Å²) in [7, 11) is 0. The van der Waals surface area contributed by atoms with Crippen molar-refractivity contribution in [3.05, 3.63) is 102 Å². The third kappa shape index (κ3) is 3.78. The summed E-state index contributed by atoms with van der Waals surface area (Å²) in [5.74, 6) is 2.27. The van der Waals surface area contributed by atoms with Crippen LogP contribution in [0.5, 0.6) is 11.6 Å². The Morgan fingerprint density at radius 3 is 2.57 bits per heavy atom. The first-order valence-electron chi connectivity index (χ1n) is 9.83. The lowest BCUT2D eigenvalue weighted by Gasteiger charge is -2.11. The predicted octanol–water partition coefficient (Wildman–Crippen LogP) is 5.71. The van der Waals surface area contributed by atoms with Crippen molar-refractivity contribution in [3.8, 4) is 22.8 Å². The zero-order valence-electron chi connectivity index (χ0n) is 16.5.